The zero-order chi connectivity index (χ0) is 13.4. The maximum absolute atomic E-state index is 12.1. The van der Waals surface area contributed by atoms with E-state index in [9.17, 15) is 4.79 Å². The van der Waals surface area contributed by atoms with E-state index < -0.39 is 0 Å². The van der Waals surface area contributed by atoms with Crippen molar-refractivity contribution in [2.24, 2.45) is 11.7 Å². The Morgan fingerprint density at radius 2 is 2.17 bits per heavy atom. The zero-order valence-corrected chi connectivity index (χ0v) is 11.6. The Kier molecular flexibility index (Phi) is 6.65. The number of aryl methyl sites for hydroxylation is 1. The van der Waals surface area contributed by atoms with Crippen molar-refractivity contribution < 1.29 is 4.79 Å². The molecule has 0 saturated heterocycles. The molecule has 18 heavy (non-hydrogen) atoms. The minimum atomic E-state index is 0.153. The first-order valence-corrected chi connectivity index (χ1v) is 6.97. The van der Waals surface area contributed by atoms with Gasteiger partial charge in [0.25, 0.3) is 0 Å². The number of hydrogen-bond donors (Lipinski definition) is 1. The van der Waals surface area contributed by atoms with E-state index in [0.29, 0.717) is 24.7 Å². The number of ketones is 1. The van der Waals surface area contributed by atoms with Crippen molar-refractivity contribution in [1.29, 1.82) is 0 Å². The van der Waals surface area contributed by atoms with Crippen LogP contribution in [0.4, 0.5) is 0 Å². The molecule has 0 aliphatic heterocycles. The lowest BCUT2D eigenvalue weighted by molar-refractivity contribution is 0.0958. The summed E-state index contributed by atoms with van der Waals surface area (Å²) in [7, 11) is 0. The third kappa shape index (κ3) is 4.26. The molecule has 1 unspecified atom stereocenters. The highest BCUT2D eigenvalue weighted by Crippen LogP contribution is 2.18. The zero-order valence-electron chi connectivity index (χ0n) is 11.6. The molecule has 0 amide bonds. The molecule has 0 aliphatic rings. The normalized spacial score (nSPS) is 12.6. The average molecular weight is 251 g/mol. The third-order valence-electron chi connectivity index (χ3n) is 3.36. The van der Waals surface area contributed by atoms with E-state index in [-0.39, 0.29) is 5.78 Å². The molecule has 0 aliphatic carbocycles. The molecule has 1 aromatic rings. The highest BCUT2D eigenvalue weighted by molar-refractivity contribution is 5.92. The fourth-order valence-corrected chi connectivity index (χ4v) is 2.34. The van der Waals surface area contributed by atoms with Crippen molar-refractivity contribution in [1.82, 2.24) is 9.55 Å². The molecule has 102 valence electrons. The molecule has 0 spiro atoms. The number of carbonyl (C=O) groups is 1. The summed E-state index contributed by atoms with van der Waals surface area (Å²) in [6.07, 6.45) is 8.40. The Labute approximate surface area is 110 Å². The van der Waals surface area contributed by atoms with E-state index in [4.69, 9.17) is 5.73 Å². The Hall–Kier alpha value is -1.16. The molecular formula is C14H25N3O. The summed E-state index contributed by atoms with van der Waals surface area (Å²) in [5.41, 5.74) is 5.60. The number of nitrogens with two attached hydrogens (primary N) is 1. The second-order valence-corrected chi connectivity index (χ2v) is 4.73. The van der Waals surface area contributed by atoms with Gasteiger partial charge in [-0.15, -0.1) is 0 Å². The van der Waals surface area contributed by atoms with Crippen molar-refractivity contribution in [3.8, 4) is 0 Å². The second-order valence-electron chi connectivity index (χ2n) is 4.73. The predicted octanol–water partition coefficient (Wildman–Crippen LogP) is 2.63. The van der Waals surface area contributed by atoms with Crippen molar-refractivity contribution >= 4 is 5.78 Å². The smallest absolute Gasteiger partial charge is 0.198 e. The number of rotatable bonds is 9. The molecule has 4 heteroatoms. The van der Waals surface area contributed by atoms with Crippen LogP contribution in [0.1, 0.15) is 56.6 Å². The first kappa shape index (κ1) is 14.9. The SMILES string of the molecule is CCCC(CCN)CCC(=O)c1nccn1CC. The van der Waals surface area contributed by atoms with Gasteiger partial charge in [0.1, 0.15) is 0 Å². The van der Waals surface area contributed by atoms with Crippen LogP contribution in [0.2, 0.25) is 0 Å². The van der Waals surface area contributed by atoms with E-state index in [1.807, 2.05) is 17.7 Å². The van der Waals surface area contributed by atoms with Gasteiger partial charge >= 0.3 is 0 Å². The molecule has 0 bridgehead atoms. The minimum Gasteiger partial charge on any atom is -0.330 e. The van der Waals surface area contributed by atoms with Crippen molar-refractivity contribution in [2.45, 2.75) is 52.5 Å². The van der Waals surface area contributed by atoms with Gasteiger partial charge < -0.3 is 10.3 Å². The van der Waals surface area contributed by atoms with Gasteiger partial charge in [0.2, 0.25) is 0 Å². The van der Waals surface area contributed by atoms with Crippen LogP contribution in [-0.4, -0.2) is 21.9 Å². The van der Waals surface area contributed by atoms with Gasteiger partial charge in [0.05, 0.1) is 0 Å². The lowest BCUT2D eigenvalue weighted by Gasteiger charge is -2.14. The molecule has 0 aromatic carbocycles. The number of carbonyl (C=O) groups excluding carboxylic acids is 1. The summed E-state index contributed by atoms with van der Waals surface area (Å²) in [6, 6.07) is 0. The van der Waals surface area contributed by atoms with Crippen LogP contribution in [0.25, 0.3) is 0 Å². The average Bonchev–Trinajstić information content (AvgIpc) is 2.84. The second kappa shape index (κ2) is 8.03. The lowest BCUT2D eigenvalue weighted by Crippen LogP contribution is -2.13. The molecule has 4 nitrogen and oxygen atoms in total. The standard InChI is InChI=1S/C14H25N3O/c1-3-5-12(8-9-15)6-7-13(18)14-16-10-11-17(14)4-2/h10-12H,3-9,15H2,1-2H3. The fourth-order valence-electron chi connectivity index (χ4n) is 2.34. The van der Waals surface area contributed by atoms with Gasteiger partial charge in [0.15, 0.2) is 11.6 Å². The van der Waals surface area contributed by atoms with Crippen molar-refractivity contribution in [3.05, 3.63) is 18.2 Å². The maximum Gasteiger partial charge on any atom is 0.198 e. The van der Waals surface area contributed by atoms with Crippen LogP contribution in [-0.2, 0) is 6.54 Å². The van der Waals surface area contributed by atoms with Crippen LogP contribution in [0, 0.1) is 5.92 Å². The Morgan fingerprint density at radius 1 is 1.39 bits per heavy atom. The molecule has 0 radical (unpaired) electrons. The Morgan fingerprint density at radius 3 is 2.78 bits per heavy atom. The first-order valence-electron chi connectivity index (χ1n) is 6.97. The van der Waals surface area contributed by atoms with Crippen molar-refractivity contribution in [3.63, 3.8) is 0 Å². The minimum absolute atomic E-state index is 0.153. The Balaban J connectivity index is 2.49. The summed E-state index contributed by atoms with van der Waals surface area (Å²) in [5.74, 6) is 1.33. The first-order chi connectivity index (χ1) is 8.72. The lowest BCUT2D eigenvalue weighted by atomic mass is 9.93. The highest BCUT2D eigenvalue weighted by Gasteiger charge is 2.15. The van der Waals surface area contributed by atoms with E-state index in [0.717, 1.165) is 32.2 Å². The summed E-state index contributed by atoms with van der Waals surface area (Å²) >= 11 is 0. The number of nitrogens with zero attached hydrogens (tertiary/aromatic N) is 2. The third-order valence-corrected chi connectivity index (χ3v) is 3.36. The van der Waals surface area contributed by atoms with Gasteiger partial charge in [0, 0.05) is 25.4 Å². The van der Waals surface area contributed by atoms with Gasteiger partial charge in [-0.2, -0.15) is 0 Å². The van der Waals surface area contributed by atoms with Gasteiger partial charge in [-0.05, 0) is 32.2 Å². The molecule has 1 rings (SSSR count). The molecule has 1 heterocycles. The quantitative estimate of drug-likeness (QED) is 0.686. The largest absolute Gasteiger partial charge is 0.330 e. The summed E-state index contributed by atoms with van der Waals surface area (Å²) in [5, 5.41) is 0. The molecule has 1 aromatic heterocycles. The summed E-state index contributed by atoms with van der Waals surface area (Å²) in [4.78, 5) is 16.2. The van der Waals surface area contributed by atoms with Crippen LogP contribution in [0.15, 0.2) is 12.4 Å². The monoisotopic (exact) mass is 251 g/mol. The fraction of sp³-hybridized carbons (Fsp3) is 0.714. The van der Waals surface area contributed by atoms with Crippen LogP contribution >= 0.6 is 0 Å². The van der Waals surface area contributed by atoms with E-state index in [1.54, 1.807) is 6.20 Å². The number of imidazole rings is 1. The van der Waals surface area contributed by atoms with Crippen LogP contribution in [0.5, 0.6) is 0 Å². The molecule has 2 N–H and O–H groups in total. The van der Waals surface area contributed by atoms with Gasteiger partial charge in [-0.1, -0.05) is 19.8 Å². The summed E-state index contributed by atoms with van der Waals surface area (Å²) in [6.45, 7) is 5.70. The molecule has 0 saturated carbocycles. The van der Waals surface area contributed by atoms with Gasteiger partial charge in [-0.3, -0.25) is 4.79 Å². The predicted molar refractivity (Wildman–Crippen MR) is 73.5 cm³/mol. The number of hydrogen-bond acceptors (Lipinski definition) is 3. The van der Waals surface area contributed by atoms with E-state index in [1.165, 1.54) is 0 Å². The van der Waals surface area contributed by atoms with Crippen LogP contribution in [0.3, 0.4) is 0 Å². The topological polar surface area (TPSA) is 60.9 Å². The maximum atomic E-state index is 12.1. The summed E-state index contributed by atoms with van der Waals surface area (Å²) < 4.78 is 1.90. The molecule has 1 atom stereocenters. The van der Waals surface area contributed by atoms with Crippen LogP contribution < -0.4 is 5.73 Å². The van der Waals surface area contributed by atoms with E-state index >= 15 is 0 Å². The highest BCUT2D eigenvalue weighted by atomic mass is 16.1. The molecular weight excluding hydrogens is 226 g/mol. The van der Waals surface area contributed by atoms with Crippen molar-refractivity contribution in [2.75, 3.05) is 6.54 Å². The number of Topliss-reactive ketones (excluding diaryl/α,β-unsaturated/α-hetero) is 1. The number of aromatic nitrogens is 2. The van der Waals surface area contributed by atoms with Gasteiger partial charge in [-0.25, -0.2) is 4.98 Å². The Bertz CT molecular complexity index is 354. The van der Waals surface area contributed by atoms with E-state index in [2.05, 4.69) is 11.9 Å². The molecule has 0 fully saturated rings.